The van der Waals surface area contributed by atoms with Crippen LogP contribution in [-0.4, -0.2) is 47.9 Å². The molecule has 0 aliphatic carbocycles. The van der Waals surface area contributed by atoms with E-state index in [1.165, 1.54) is 4.90 Å². The van der Waals surface area contributed by atoms with Crippen molar-refractivity contribution in [1.82, 2.24) is 9.88 Å². The van der Waals surface area contributed by atoms with Gasteiger partial charge in [-0.05, 0) is 55.3 Å². The summed E-state index contributed by atoms with van der Waals surface area (Å²) >= 11 is 0. The third-order valence-electron chi connectivity index (χ3n) is 3.90. The van der Waals surface area contributed by atoms with Crippen LogP contribution in [0.4, 0.5) is 5.69 Å². The van der Waals surface area contributed by atoms with Gasteiger partial charge in [0.1, 0.15) is 6.42 Å². The fraction of sp³-hybridized carbons (Fsp3) is 0.300. The summed E-state index contributed by atoms with van der Waals surface area (Å²) in [6.07, 6.45) is 3.86. The lowest BCUT2D eigenvalue weighted by Gasteiger charge is -2.17. The molecule has 1 aromatic heterocycles. The van der Waals surface area contributed by atoms with Gasteiger partial charge in [-0.1, -0.05) is 0 Å². The molecule has 1 N–H and O–H groups in total. The Hall–Kier alpha value is -3.22. The molecule has 27 heavy (non-hydrogen) atoms. The van der Waals surface area contributed by atoms with Crippen LogP contribution in [0.1, 0.15) is 29.3 Å². The first-order valence-corrected chi connectivity index (χ1v) is 8.69. The maximum absolute atomic E-state index is 12.2. The number of likely N-dealkylation sites (N-methyl/N-ethyl adjacent to an activating group) is 1. The van der Waals surface area contributed by atoms with E-state index in [0.29, 0.717) is 30.8 Å². The SMILES string of the molecule is CCOC(=O)c1ccc(NC(=O)CC(=O)N(C)CCc2ccncc2)cc1. The van der Waals surface area contributed by atoms with Gasteiger partial charge >= 0.3 is 5.97 Å². The number of amides is 2. The molecule has 1 aromatic carbocycles. The molecule has 0 radical (unpaired) electrons. The van der Waals surface area contributed by atoms with Crippen LogP contribution in [-0.2, 0) is 20.7 Å². The van der Waals surface area contributed by atoms with Gasteiger partial charge in [-0.25, -0.2) is 4.79 Å². The van der Waals surface area contributed by atoms with Crippen LogP contribution >= 0.6 is 0 Å². The largest absolute Gasteiger partial charge is 0.462 e. The first-order valence-electron chi connectivity index (χ1n) is 8.69. The minimum absolute atomic E-state index is 0.244. The zero-order chi connectivity index (χ0) is 19.6. The molecule has 0 unspecified atom stereocenters. The van der Waals surface area contributed by atoms with Crippen molar-refractivity contribution >= 4 is 23.5 Å². The molecule has 0 saturated carbocycles. The number of hydrogen-bond acceptors (Lipinski definition) is 5. The number of hydrogen-bond donors (Lipinski definition) is 1. The summed E-state index contributed by atoms with van der Waals surface area (Å²) in [7, 11) is 1.67. The number of carbonyl (C=O) groups is 3. The maximum atomic E-state index is 12.2. The number of anilines is 1. The van der Waals surface area contributed by atoms with Crippen molar-refractivity contribution in [2.24, 2.45) is 0 Å². The summed E-state index contributed by atoms with van der Waals surface area (Å²) in [6, 6.07) is 10.1. The minimum Gasteiger partial charge on any atom is -0.462 e. The van der Waals surface area contributed by atoms with Crippen molar-refractivity contribution in [3.05, 3.63) is 59.9 Å². The van der Waals surface area contributed by atoms with Crippen molar-refractivity contribution in [1.29, 1.82) is 0 Å². The number of benzene rings is 1. The Morgan fingerprint density at radius 3 is 2.37 bits per heavy atom. The van der Waals surface area contributed by atoms with Gasteiger partial charge in [-0.3, -0.25) is 14.6 Å². The van der Waals surface area contributed by atoms with Gasteiger partial charge in [0, 0.05) is 31.7 Å². The molecular weight excluding hydrogens is 346 g/mol. The Morgan fingerprint density at radius 2 is 1.74 bits per heavy atom. The predicted octanol–water partition coefficient (Wildman–Crippen LogP) is 2.29. The average Bonchev–Trinajstić information content (AvgIpc) is 2.67. The van der Waals surface area contributed by atoms with E-state index in [0.717, 1.165) is 5.56 Å². The number of nitrogens with zero attached hydrogens (tertiary/aromatic N) is 2. The second kappa shape index (κ2) is 10.1. The van der Waals surface area contributed by atoms with Gasteiger partial charge in [0.15, 0.2) is 0 Å². The number of nitrogens with one attached hydrogen (secondary N) is 1. The lowest BCUT2D eigenvalue weighted by atomic mass is 10.2. The molecule has 2 rings (SSSR count). The smallest absolute Gasteiger partial charge is 0.338 e. The highest BCUT2D eigenvalue weighted by atomic mass is 16.5. The van der Waals surface area contributed by atoms with Gasteiger partial charge in [-0.15, -0.1) is 0 Å². The monoisotopic (exact) mass is 369 g/mol. The second-order valence-electron chi connectivity index (χ2n) is 5.94. The van der Waals surface area contributed by atoms with Crippen molar-refractivity contribution in [2.45, 2.75) is 19.8 Å². The first-order chi connectivity index (χ1) is 13.0. The fourth-order valence-corrected chi connectivity index (χ4v) is 2.35. The zero-order valence-corrected chi connectivity index (χ0v) is 15.5. The summed E-state index contributed by atoms with van der Waals surface area (Å²) in [6.45, 7) is 2.55. The summed E-state index contributed by atoms with van der Waals surface area (Å²) in [5.74, 6) is -1.08. The van der Waals surface area contributed by atoms with E-state index in [2.05, 4.69) is 10.3 Å². The Bertz CT molecular complexity index is 776. The molecule has 0 spiro atoms. The van der Waals surface area contributed by atoms with Gasteiger partial charge in [0.25, 0.3) is 0 Å². The molecule has 0 aliphatic heterocycles. The molecule has 0 atom stereocenters. The van der Waals surface area contributed by atoms with Crippen LogP contribution in [0, 0.1) is 0 Å². The Labute approximate surface area is 158 Å². The molecule has 2 aromatic rings. The van der Waals surface area contributed by atoms with E-state index in [9.17, 15) is 14.4 Å². The highest BCUT2D eigenvalue weighted by molar-refractivity contribution is 6.03. The molecule has 0 saturated heterocycles. The standard InChI is InChI=1S/C20H23N3O4/c1-3-27-20(26)16-4-6-17(7-5-16)22-18(24)14-19(25)23(2)13-10-15-8-11-21-12-9-15/h4-9,11-12H,3,10,13-14H2,1-2H3,(H,22,24). The molecule has 0 fully saturated rings. The summed E-state index contributed by atoms with van der Waals surface area (Å²) in [5, 5.41) is 2.65. The van der Waals surface area contributed by atoms with Gasteiger partial charge < -0.3 is 15.0 Å². The van der Waals surface area contributed by atoms with Crippen LogP contribution < -0.4 is 5.32 Å². The molecule has 2 amide bonds. The van der Waals surface area contributed by atoms with Gasteiger partial charge in [-0.2, -0.15) is 0 Å². The number of pyridine rings is 1. The van der Waals surface area contributed by atoms with Crippen molar-refractivity contribution in [2.75, 3.05) is 25.5 Å². The predicted molar refractivity (Wildman–Crippen MR) is 101 cm³/mol. The lowest BCUT2D eigenvalue weighted by Crippen LogP contribution is -2.32. The highest BCUT2D eigenvalue weighted by Crippen LogP contribution is 2.11. The molecule has 7 heteroatoms. The molecule has 1 heterocycles. The van der Waals surface area contributed by atoms with Crippen molar-refractivity contribution in [3.8, 4) is 0 Å². The van der Waals surface area contributed by atoms with E-state index < -0.39 is 11.9 Å². The van der Waals surface area contributed by atoms with Gasteiger partial charge in [0.2, 0.25) is 11.8 Å². The zero-order valence-electron chi connectivity index (χ0n) is 15.5. The normalized spacial score (nSPS) is 10.1. The Morgan fingerprint density at radius 1 is 1.07 bits per heavy atom. The van der Waals surface area contributed by atoms with E-state index in [4.69, 9.17) is 4.74 Å². The van der Waals surface area contributed by atoms with Crippen molar-refractivity contribution in [3.63, 3.8) is 0 Å². The molecule has 142 valence electrons. The third-order valence-corrected chi connectivity index (χ3v) is 3.90. The van der Waals surface area contributed by atoms with E-state index in [1.54, 1.807) is 50.6 Å². The molecule has 0 aliphatic rings. The quantitative estimate of drug-likeness (QED) is 0.570. The Balaban J connectivity index is 1.80. The van der Waals surface area contributed by atoms with E-state index >= 15 is 0 Å². The first kappa shape index (κ1) is 20.1. The summed E-state index contributed by atoms with van der Waals surface area (Å²) in [5.41, 5.74) is 2.00. The molecule has 7 nitrogen and oxygen atoms in total. The van der Waals surface area contributed by atoms with Gasteiger partial charge in [0.05, 0.1) is 12.2 Å². The summed E-state index contributed by atoms with van der Waals surface area (Å²) < 4.78 is 4.90. The average molecular weight is 369 g/mol. The number of esters is 1. The molecular formula is C20H23N3O4. The summed E-state index contributed by atoms with van der Waals surface area (Å²) in [4.78, 5) is 41.3. The number of ether oxygens (including phenoxy) is 1. The molecule has 0 bridgehead atoms. The van der Waals surface area contributed by atoms with Crippen LogP contribution in [0.2, 0.25) is 0 Å². The lowest BCUT2D eigenvalue weighted by molar-refractivity contribution is -0.133. The van der Waals surface area contributed by atoms with E-state index in [1.807, 2.05) is 12.1 Å². The highest BCUT2D eigenvalue weighted by Gasteiger charge is 2.14. The van der Waals surface area contributed by atoms with E-state index in [-0.39, 0.29) is 12.3 Å². The third kappa shape index (κ3) is 6.54. The number of rotatable bonds is 8. The minimum atomic E-state index is -0.415. The topological polar surface area (TPSA) is 88.6 Å². The van der Waals surface area contributed by atoms with Crippen LogP contribution in [0.25, 0.3) is 0 Å². The van der Waals surface area contributed by atoms with Crippen LogP contribution in [0.3, 0.4) is 0 Å². The van der Waals surface area contributed by atoms with Crippen molar-refractivity contribution < 1.29 is 19.1 Å². The second-order valence-corrected chi connectivity index (χ2v) is 5.94. The maximum Gasteiger partial charge on any atom is 0.338 e. The Kier molecular flexibility index (Phi) is 7.49. The number of aromatic nitrogens is 1. The fourth-order valence-electron chi connectivity index (χ4n) is 2.35. The van der Waals surface area contributed by atoms with Crippen LogP contribution in [0.15, 0.2) is 48.8 Å². The van der Waals surface area contributed by atoms with Crippen LogP contribution in [0.5, 0.6) is 0 Å². The number of carbonyl (C=O) groups excluding carboxylic acids is 3.